The monoisotopic (exact) mass is 338 g/mol. The van der Waals surface area contributed by atoms with Gasteiger partial charge in [-0.15, -0.1) is 4.91 Å². The molecule has 1 heterocycles. The molecule has 0 aromatic heterocycles. The number of nitrogens with zero attached hydrogens (tertiary/aromatic N) is 3. The van der Waals surface area contributed by atoms with Gasteiger partial charge in [-0.3, -0.25) is 4.79 Å². The van der Waals surface area contributed by atoms with Crippen molar-refractivity contribution in [2.45, 2.75) is 13.8 Å². The summed E-state index contributed by atoms with van der Waals surface area (Å²) in [6.07, 6.45) is 0. The highest BCUT2D eigenvalue weighted by Crippen LogP contribution is 2.30. The van der Waals surface area contributed by atoms with Crippen molar-refractivity contribution >= 4 is 28.7 Å². The molecule has 25 heavy (non-hydrogen) atoms. The molecule has 1 amide bonds. The molecule has 1 aliphatic heterocycles. The van der Waals surface area contributed by atoms with Crippen LogP contribution in [0.2, 0.25) is 0 Å². The second-order valence-electron chi connectivity index (χ2n) is 6.28. The summed E-state index contributed by atoms with van der Waals surface area (Å²) in [5.41, 5.74) is 4.10. The Balaban J connectivity index is 1.74. The Kier molecular flexibility index (Phi) is 4.97. The molecule has 0 spiro atoms. The van der Waals surface area contributed by atoms with Crippen molar-refractivity contribution in [1.29, 1.82) is 0 Å². The maximum absolute atomic E-state index is 11.4. The van der Waals surface area contributed by atoms with E-state index in [1.54, 1.807) is 13.0 Å². The zero-order valence-corrected chi connectivity index (χ0v) is 14.5. The van der Waals surface area contributed by atoms with Crippen LogP contribution in [-0.4, -0.2) is 37.0 Å². The van der Waals surface area contributed by atoms with E-state index in [0.29, 0.717) is 11.4 Å². The van der Waals surface area contributed by atoms with Crippen LogP contribution in [-0.2, 0) is 4.79 Å². The molecule has 2 aromatic rings. The lowest BCUT2D eigenvalue weighted by atomic mass is 10.1. The SMILES string of the molecule is CC(=O)N1CCN(c2cccc(Nc3ccc(C)cc3N=O)c2)CC1. The predicted octanol–water partition coefficient (Wildman–Crippen LogP) is 3.81. The number of anilines is 3. The van der Waals surface area contributed by atoms with Crippen LogP contribution in [0.25, 0.3) is 0 Å². The summed E-state index contributed by atoms with van der Waals surface area (Å²) in [6, 6.07) is 13.6. The average molecular weight is 338 g/mol. The minimum atomic E-state index is 0.128. The lowest BCUT2D eigenvalue weighted by Gasteiger charge is -2.35. The summed E-state index contributed by atoms with van der Waals surface area (Å²) in [4.78, 5) is 26.6. The largest absolute Gasteiger partial charge is 0.368 e. The number of piperazine rings is 1. The molecule has 1 aliphatic rings. The predicted molar refractivity (Wildman–Crippen MR) is 101 cm³/mol. The smallest absolute Gasteiger partial charge is 0.219 e. The Morgan fingerprint density at radius 2 is 1.84 bits per heavy atom. The Morgan fingerprint density at radius 3 is 2.52 bits per heavy atom. The molecule has 6 heteroatoms. The summed E-state index contributed by atoms with van der Waals surface area (Å²) in [6.45, 7) is 6.65. The van der Waals surface area contributed by atoms with E-state index in [1.807, 2.05) is 36.1 Å². The Hall–Kier alpha value is -2.89. The van der Waals surface area contributed by atoms with Crippen molar-refractivity contribution in [3.63, 3.8) is 0 Å². The molecule has 1 fully saturated rings. The lowest BCUT2D eigenvalue weighted by Crippen LogP contribution is -2.48. The number of carbonyl (C=O) groups excluding carboxylic acids is 1. The maximum Gasteiger partial charge on any atom is 0.219 e. The molecular formula is C19H22N4O2. The summed E-state index contributed by atoms with van der Waals surface area (Å²) in [5.74, 6) is 0.128. The zero-order chi connectivity index (χ0) is 17.8. The van der Waals surface area contributed by atoms with E-state index in [2.05, 4.69) is 27.5 Å². The number of hydrogen-bond acceptors (Lipinski definition) is 5. The van der Waals surface area contributed by atoms with Gasteiger partial charge in [0.15, 0.2) is 0 Å². The zero-order valence-electron chi connectivity index (χ0n) is 14.5. The number of benzene rings is 2. The number of nitroso groups, excluding NO2 is 1. The van der Waals surface area contributed by atoms with Gasteiger partial charge in [-0.1, -0.05) is 12.1 Å². The number of amides is 1. The molecule has 3 rings (SSSR count). The van der Waals surface area contributed by atoms with E-state index in [-0.39, 0.29) is 5.91 Å². The molecule has 6 nitrogen and oxygen atoms in total. The van der Waals surface area contributed by atoms with E-state index in [9.17, 15) is 9.70 Å². The number of nitrogens with one attached hydrogen (secondary N) is 1. The third-order valence-electron chi connectivity index (χ3n) is 4.47. The van der Waals surface area contributed by atoms with Gasteiger partial charge < -0.3 is 15.1 Å². The molecule has 0 saturated carbocycles. The maximum atomic E-state index is 11.4. The van der Waals surface area contributed by atoms with Crippen LogP contribution in [0.4, 0.5) is 22.7 Å². The number of hydrogen-bond donors (Lipinski definition) is 1. The summed E-state index contributed by atoms with van der Waals surface area (Å²) < 4.78 is 0. The Morgan fingerprint density at radius 1 is 1.08 bits per heavy atom. The van der Waals surface area contributed by atoms with Gasteiger partial charge in [0.25, 0.3) is 0 Å². The summed E-state index contributed by atoms with van der Waals surface area (Å²) >= 11 is 0. The van der Waals surface area contributed by atoms with Crippen molar-refractivity contribution in [3.8, 4) is 0 Å². The first kappa shape index (κ1) is 17.0. The second-order valence-corrected chi connectivity index (χ2v) is 6.28. The van der Waals surface area contributed by atoms with Gasteiger partial charge in [-0.25, -0.2) is 0 Å². The quantitative estimate of drug-likeness (QED) is 0.861. The molecule has 0 unspecified atom stereocenters. The summed E-state index contributed by atoms with van der Waals surface area (Å²) in [5, 5.41) is 6.38. The standard InChI is InChI=1S/C19H22N4O2/c1-14-6-7-18(19(12-14)21-25)20-16-4-3-5-17(13-16)23-10-8-22(9-11-23)15(2)24/h3-7,12-13,20H,8-11H2,1-2H3. The topological polar surface area (TPSA) is 65.0 Å². The average Bonchev–Trinajstić information content (AvgIpc) is 2.63. The van der Waals surface area contributed by atoms with Crippen LogP contribution in [0.3, 0.4) is 0 Å². The minimum absolute atomic E-state index is 0.128. The third kappa shape index (κ3) is 3.96. The van der Waals surface area contributed by atoms with E-state index in [1.165, 1.54) is 0 Å². The molecule has 130 valence electrons. The van der Waals surface area contributed by atoms with E-state index >= 15 is 0 Å². The van der Waals surface area contributed by atoms with E-state index in [4.69, 9.17) is 0 Å². The van der Waals surface area contributed by atoms with Gasteiger partial charge >= 0.3 is 0 Å². The molecule has 0 aliphatic carbocycles. The van der Waals surface area contributed by atoms with Crippen molar-refractivity contribution in [1.82, 2.24) is 4.90 Å². The fraction of sp³-hybridized carbons (Fsp3) is 0.316. The third-order valence-corrected chi connectivity index (χ3v) is 4.47. The Labute approximate surface area is 147 Å². The molecule has 0 bridgehead atoms. The first-order valence-electron chi connectivity index (χ1n) is 8.38. The van der Waals surface area contributed by atoms with Crippen LogP contribution < -0.4 is 10.2 Å². The van der Waals surface area contributed by atoms with Gasteiger partial charge in [0, 0.05) is 44.5 Å². The number of rotatable bonds is 4. The highest BCUT2D eigenvalue weighted by molar-refractivity contribution is 5.75. The van der Waals surface area contributed by atoms with Gasteiger partial charge in [-0.2, -0.15) is 0 Å². The number of aryl methyl sites for hydroxylation is 1. The second kappa shape index (κ2) is 7.34. The molecule has 2 aromatic carbocycles. The first-order chi connectivity index (χ1) is 12.1. The van der Waals surface area contributed by atoms with Crippen LogP contribution >= 0.6 is 0 Å². The molecule has 0 radical (unpaired) electrons. The highest BCUT2D eigenvalue weighted by Gasteiger charge is 2.18. The van der Waals surface area contributed by atoms with E-state index in [0.717, 1.165) is 43.1 Å². The molecule has 1 saturated heterocycles. The molecular weight excluding hydrogens is 316 g/mol. The molecule has 1 N–H and O–H groups in total. The van der Waals surface area contributed by atoms with Crippen molar-refractivity contribution in [2.75, 3.05) is 36.4 Å². The lowest BCUT2D eigenvalue weighted by molar-refractivity contribution is -0.129. The highest BCUT2D eigenvalue weighted by atomic mass is 16.3. The first-order valence-corrected chi connectivity index (χ1v) is 8.38. The number of carbonyl (C=O) groups is 1. The van der Waals surface area contributed by atoms with Crippen molar-refractivity contribution in [3.05, 3.63) is 52.9 Å². The normalized spacial score (nSPS) is 14.3. The Bertz CT molecular complexity index is 783. The van der Waals surface area contributed by atoms with Gasteiger partial charge in [0.2, 0.25) is 5.91 Å². The van der Waals surface area contributed by atoms with E-state index < -0.39 is 0 Å². The van der Waals surface area contributed by atoms with Crippen molar-refractivity contribution in [2.24, 2.45) is 5.18 Å². The van der Waals surface area contributed by atoms with Crippen LogP contribution in [0.1, 0.15) is 12.5 Å². The fourth-order valence-corrected chi connectivity index (χ4v) is 3.04. The van der Waals surface area contributed by atoms with Crippen LogP contribution in [0.15, 0.2) is 47.6 Å². The van der Waals surface area contributed by atoms with Gasteiger partial charge in [-0.05, 0) is 48.0 Å². The fourth-order valence-electron chi connectivity index (χ4n) is 3.04. The van der Waals surface area contributed by atoms with Gasteiger partial charge in [0.1, 0.15) is 5.69 Å². The minimum Gasteiger partial charge on any atom is -0.368 e. The molecule has 0 atom stereocenters. The van der Waals surface area contributed by atoms with Crippen molar-refractivity contribution < 1.29 is 4.79 Å². The van der Waals surface area contributed by atoms with Crippen LogP contribution in [0, 0.1) is 11.8 Å². The summed E-state index contributed by atoms with van der Waals surface area (Å²) in [7, 11) is 0. The van der Waals surface area contributed by atoms with Crippen LogP contribution in [0.5, 0.6) is 0 Å². The van der Waals surface area contributed by atoms with Gasteiger partial charge in [0.05, 0.1) is 5.69 Å².